The van der Waals surface area contributed by atoms with Crippen LogP contribution in [0.5, 0.6) is 0 Å². The minimum absolute atomic E-state index is 0.490. The van der Waals surface area contributed by atoms with Crippen LogP contribution in [0.15, 0.2) is 0 Å². The molecular formula is C14H28N2S. The molecule has 2 rings (SSSR count). The topological polar surface area (TPSA) is 15.3 Å². The van der Waals surface area contributed by atoms with Gasteiger partial charge in [0, 0.05) is 23.6 Å². The Balaban J connectivity index is 1.86. The Kier molecular flexibility index (Phi) is 4.43. The summed E-state index contributed by atoms with van der Waals surface area (Å²) in [6.45, 7) is 13.6. The van der Waals surface area contributed by atoms with Gasteiger partial charge < -0.3 is 10.2 Å². The Morgan fingerprint density at radius 3 is 2.47 bits per heavy atom. The molecular weight excluding hydrogens is 228 g/mol. The van der Waals surface area contributed by atoms with E-state index in [4.69, 9.17) is 0 Å². The van der Waals surface area contributed by atoms with Crippen LogP contribution in [0.1, 0.15) is 40.0 Å². The molecule has 100 valence electrons. The molecule has 3 heteroatoms. The molecule has 2 fully saturated rings. The van der Waals surface area contributed by atoms with Crippen molar-refractivity contribution in [1.29, 1.82) is 0 Å². The van der Waals surface area contributed by atoms with Crippen molar-refractivity contribution in [3.63, 3.8) is 0 Å². The second-order valence-electron chi connectivity index (χ2n) is 6.69. The van der Waals surface area contributed by atoms with E-state index in [1.165, 1.54) is 57.7 Å². The Hall–Kier alpha value is 0.270. The number of thioether (sulfide) groups is 1. The lowest BCUT2D eigenvalue weighted by atomic mass is 9.80. The van der Waals surface area contributed by atoms with E-state index in [1.54, 1.807) is 0 Å². The highest BCUT2D eigenvalue weighted by atomic mass is 32.2. The summed E-state index contributed by atoms with van der Waals surface area (Å²) in [5, 5.41) is 3.48. The van der Waals surface area contributed by atoms with Gasteiger partial charge in [0.15, 0.2) is 0 Å². The number of hydrogen-bond acceptors (Lipinski definition) is 3. The molecule has 2 aliphatic rings. The van der Waals surface area contributed by atoms with Gasteiger partial charge >= 0.3 is 0 Å². The van der Waals surface area contributed by atoms with E-state index in [2.05, 4.69) is 42.7 Å². The van der Waals surface area contributed by atoms with Crippen LogP contribution < -0.4 is 5.32 Å². The van der Waals surface area contributed by atoms with Crippen LogP contribution in [0.4, 0.5) is 0 Å². The minimum atomic E-state index is 0.490. The van der Waals surface area contributed by atoms with Crippen molar-refractivity contribution in [1.82, 2.24) is 10.2 Å². The van der Waals surface area contributed by atoms with Crippen molar-refractivity contribution >= 4 is 11.8 Å². The van der Waals surface area contributed by atoms with E-state index >= 15 is 0 Å². The van der Waals surface area contributed by atoms with Gasteiger partial charge in [0.1, 0.15) is 0 Å². The van der Waals surface area contributed by atoms with E-state index in [9.17, 15) is 0 Å². The zero-order valence-corrected chi connectivity index (χ0v) is 12.5. The predicted octanol–water partition coefficient (Wildman–Crippen LogP) is 2.59. The standard InChI is InChI=1S/C14H28N2S/c1-13(2)6-9-16(10-11-17-13)12-14(3)4-7-15-8-5-14/h15H,4-12H2,1-3H3. The van der Waals surface area contributed by atoms with Gasteiger partial charge in [0.2, 0.25) is 0 Å². The first-order valence-corrected chi connectivity index (χ1v) is 8.05. The molecule has 2 aliphatic heterocycles. The summed E-state index contributed by atoms with van der Waals surface area (Å²) in [4.78, 5) is 2.72. The lowest BCUT2D eigenvalue weighted by Crippen LogP contribution is -2.43. The highest BCUT2D eigenvalue weighted by Gasteiger charge is 2.31. The maximum atomic E-state index is 3.48. The highest BCUT2D eigenvalue weighted by Crippen LogP contribution is 2.33. The third-order valence-corrected chi connectivity index (χ3v) is 5.72. The van der Waals surface area contributed by atoms with E-state index in [-0.39, 0.29) is 0 Å². The SMILES string of the molecule is CC1(CN2CCSC(C)(C)CC2)CCNCC1. The lowest BCUT2D eigenvalue weighted by molar-refractivity contribution is 0.132. The molecule has 0 amide bonds. The van der Waals surface area contributed by atoms with E-state index < -0.39 is 0 Å². The van der Waals surface area contributed by atoms with E-state index in [0.717, 1.165) is 0 Å². The molecule has 2 heterocycles. The zero-order chi connectivity index (χ0) is 12.4. The molecule has 0 unspecified atom stereocenters. The first-order valence-electron chi connectivity index (χ1n) is 7.06. The fraction of sp³-hybridized carbons (Fsp3) is 1.00. The molecule has 0 saturated carbocycles. The molecule has 17 heavy (non-hydrogen) atoms. The van der Waals surface area contributed by atoms with Gasteiger partial charge in [0.25, 0.3) is 0 Å². The maximum absolute atomic E-state index is 3.48. The molecule has 1 N–H and O–H groups in total. The summed E-state index contributed by atoms with van der Waals surface area (Å²) in [6, 6.07) is 0. The van der Waals surface area contributed by atoms with E-state index in [1.807, 2.05) is 0 Å². The summed E-state index contributed by atoms with van der Waals surface area (Å²) >= 11 is 2.15. The Morgan fingerprint density at radius 1 is 1.06 bits per heavy atom. The largest absolute Gasteiger partial charge is 0.317 e. The minimum Gasteiger partial charge on any atom is -0.317 e. The van der Waals surface area contributed by atoms with Gasteiger partial charge in [-0.2, -0.15) is 11.8 Å². The van der Waals surface area contributed by atoms with Crippen molar-refractivity contribution in [2.75, 3.05) is 38.5 Å². The summed E-state index contributed by atoms with van der Waals surface area (Å²) < 4.78 is 0.490. The number of nitrogens with zero attached hydrogens (tertiary/aromatic N) is 1. The molecule has 0 bridgehead atoms. The molecule has 2 saturated heterocycles. The number of piperidine rings is 1. The first-order chi connectivity index (χ1) is 7.99. The van der Waals surface area contributed by atoms with Crippen LogP contribution in [0.25, 0.3) is 0 Å². The molecule has 0 aromatic carbocycles. The highest BCUT2D eigenvalue weighted by molar-refractivity contribution is 8.00. The van der Waals surface area contributed by atoms with Crippen LogP contribution in [0.2, 0.25) is 0 Å². The molecule has 2 nitrogen and oxygen atoms in total. The monoisotopic (exact) mass is 256 g/mol. The van der Waals surface area contributed by atoms with Crippen LogP contribution in [0, 0.1) is 5.41 Å². The molecule has 0 radical (unpaired) electrons. The van der Waals surface area contributed by atoms with Gasteiger partial charge in [-0.15, -0.1) is 0 Å². The number of nitrogens with one attached hydrogen (secondary N) is 1. The molecule has 0 atom stereocenters. The van der Waals surface area contributed by atoms with Gasteiger partial charge in [-0.1, -0.05) is 20.8 Å². The van der Waals surface area contributed by atoms with Crippen molar-refractivity contribution in [2.45, 2.75) is 44.8 Å². The Labute approximate surface area is 111 Å². The van der Waals surface area contributed by atoms with Crippen LogP contribution in [-0.2, 0) is 0 Å². The fourth-order valence-corrected chi connectivity index (χ4v) is 4.09. The molecule has 0 aromatic rings. The van der Waals surface area contributed by atoms with Crippen LogP contribution >= 0.6 is 11.8 Å². The third kappa shape index (κ3) is 4.15. The average Bonchev–Trinajstić information content (AvgIpc) is 2.41. The second kappa shape index (κ2) is 5.50. The summed E-state index contributed by atoms with van der Waals surface area (Å²) in [5.41, 5.74) is 0.560. The normalized spacial score (nSPS) is 29.8. The molecule has 0 aromatic heterocycles. The van der Waals surface area contributed by atoms with Gasteiger partial charge in [0.05, 0.1) is 0 Å². The first kappa shape index (κ1) is 13.7. The maximum Gasteiger partial charge on any atom is 0.0116 e. The second-order valence-corrected chi connectivity index (χ2v) is 8.50. The molecule has 0 spiro atoms. The van der Waals surface area contributed by atoms with Gasteiger partial charge in [-0.25, -0.2) is 0 Å². The summed E-state index contributed by atoms with van der Waals surface area (Å²) in [7, 11) is 0. The Bertz CT molecular complexity index is 247. The van der Waals surface area contributed by atoms with Crippen molar-refractivity contribution < 1.29 is 0 Å². The Morgan fingerprint density at radius 2 is 1.76 bits per heavy atom. The van der Waals surface area contributed by atoms with Crippen LogP contribution in [0.3, 0.4) is 0 Å². The summed E-state index contributed by atoms with van der Waals surface area (Å²) in [6.07, 6.45) is 4.03. The van der Waals surface area contributed by atoms with Crippen molar-refractivity contribution in [3.8, 4) is 0 Å². The van der Waals surface area contributed by atoms with Gasteiger partial charge in [-0.05, 0) is 44.3 Å². The van der Waals surface area contributed by atoms with Crippen LogP contribution in [-0.4, -0.2) is 48.1 Å². The van der Waals surface area contributed by atoms with E-state index in [0.29, 0.717) is 10.2 Å². The quantitative estimate of drug-likeness (QED) is 0.817. The average molecular weight is 256 g/mol. The predicted molar refractivity (Wildman–Crippen MR) is 77.8 cm³/mol. The zero-order valence-electron chi connectivity index (χ0n) is 11.7. The lowest BCUT2D eigenvalue weighted by Gasteiger charge is -2.38. The smallest absolute Gasteiger partial charge is 0.0116 e. The van der Waals surface area contributed by atoms with Crippen molar-refractivity contribution in [3.05, 3.63) is 0 Å². The van der Waals surface area contributed by atoms with Gasteiger partial charge in [-0.3, -0.25) is 0 Å². The summed E-state index contributed by atoms with van der Waals surface area (Å²) in [5.74, 6) is 1.31. The molecule has 0 aliphatic carbocycles. The van der Waals surface area contributed by atoms with Crippen molar-refractivity contribution in [2.24, 2.45) is 5.41 Å². The fourth-order valence-electron chi connectivity index (χ4n) is 2.95. The number of rotatable bonds is 2. The third-order valence-electron chi connectivity index (χ3n) is 4.35. The number of hydrogen-bond donors (Lipinski definition) is 1.